The fraction of sp³-hybridized carbons (Fsp3) is 0.588. The molecule has 172 valence electrons. The van der Waals surface area contributed by atoms with Gasteiger partial charge in [0.2, 0.25) is 17.7 Å². The van der Waals surface area contributed by atoms with Crippen molar-refractivity contribution in [3.8, 4) is 0 Å². The van der Waals surface area contributed by atoms with E-state index >= 15 is 0 Å². The number of primary amides is 1. The van der Waals surface area contributed by atoms with Crippen molar-refractivity contribution < 1.29 is 34.1 Å². The number of hydrogen-bond donors (Lipinski definition) is 7. The summed E-state index contributed by atoms with van der Waals surface area (Å²) in [6, 6.07) is -4.39. The molecule has 14 heteroatoms. The molecule has 1 aromatic rings. The van der Waals surface area contributed by atoms with Crippen LogP contribution in [0.1, 0.15) is 5.69 Å². The third kappa shape index (κ3) is 7.20. The molecular formula is C17H27N7O7. The maximum absolute atomic E-state index is 12.8. The zero-order valence-corrected chi connectivity index (χ0v) is 16.7. The minimum Gasteiger partial charge on any atom is -0.394 e. The highest BCUT2D eigenvalue weighted by Crippen LogP contribution is 2.03. The third-order valence-electron chi connectivity index (χ3n) is 4.55. The van der Waals surface area contributed by atoms with Gasteiger partial charge < -0.3 is 46.5 Å². The fourth-order valence-corrected chi connectivity index (χ4v) is 2.78. The van der Waals surface area contributed by atoms with Crippen molar-refractivity contribution in [2.24, 2.45) is 5.73 Å². The minimum atomic E-state index is -1.44. The molecule has 14 nitrogen and oxygen atoms in total. The van der Waals surface area contributed by atoms with Crippen molar-refractivity contribution in [3.63, 3.8) is 0 Å². The summed E-state index contributed by atoms with van der Waals surface area (Å²) in [6.45, 7) is -0.0516. The molecule has 0 radical (unpaired) electrons. The monoisotopic (exact) mass is 441 g/mol. The van der Waals surface area contributed by atoms with Crippen molar-refractivity contribution in [2.75, 3.05) is 39.5 Å². The zero-order valence-electron chi connectivity index (χ0n) is 16.7. The van der Waals surface area contributed by atoms with Crippen molar-refractivity contribution >= 4 is 23.8 Å². The number of aromatic amines is 1. The molecule has 0 aromatic carbocycles. The Kier molecular flexibility index (Phi) is 9.17. The molecule has 0 saturated carbocycles. The number of nitrogens with zero attached hydrogens (tertiary/aromatic N) is 2. The Morgan fingerprint density at radius 2 is 1.68 bits per heavy atom. The molecule has 0 bridgehead atoms. The smallest absolute Gasteiger partial charge is 0.318 e. The second kappa shape index (κ2) is 11.8. The average Bonchev–Trinajstić information content (AvgIpc) is 3.28. The molecule has 0 aliphatic carbocycles. The van der Waals surface area contributed by atoms with Crippen LogP contribution in [0, 0.1) is 0 Å². The maximum Gasteiger partial charge on any atom is 0.318 e. The van der Waals surface area contributed by atoms with Crippen LogP contribution in [0.4, 0.5) is 4.79 Å². The Balaban J connectivity index is 2.06. The quantitative estimate of drug-likeness (QED) is 0.189. The number of carbonyl (C=O) groups is 4. The summed E-state index contributed by atoms with van der Waals surface area (Å²) >= 11 is 0. The van der Waals surface area contributed by atoms with Gasteiger partial charge in [-0.05, 0) is 0 Å². The van der Waals surface area contributed by atoms with E-state index in [4.69, 9.17) is 15.6 Å². The van der Waals surface area contributed by atoms with Crippen LogP contribution in [0.2, 0.25) is 0 Å². The van der Waals surface area contributed by atoms with Crippen molar-refractivity contribution in [3.05, 3.63) is 18.2 Å². The van der Waals surface area contributed by atoms with Crippen LogP contribution in [0.15, 0.2) is 12.5 Å². The lowest BCUT2D eigenvalue weighted by Crippen LogP contribution is -2.59. The van der Waals surface area contributed by atoms with Gasteiger partial charge in [0, 0.05) is 31.4 Å². The predicted molar refractivity (Wildman–Crippen MR) is 104 cm³/mol. The second-order valence-corrected chi connectivity index (χ2v) is 6.77. The lowest BCUT2D eigenvalue weighted by atomic mass is 10.1. The van der Waals surface area contributed by atoms with Gasteiger partial charge in [-0.3, -0.25) is 14.4 Å². The molecule has 1 aliphatic rings. The molecule has 2 heterocycles. The van der Waals surface area contributed by atoms with E-state index in [9.17, 15) is 24.3 Å². The Bertz CT molecular complexity index is 752. The van der Waals surface area contributed by atoms with Crippen LogP contribution < -0.4 is 21.7 Å². The van der Waals surface area contributed by atoms with Gasteiger partial charge in [-0.1, -0.05) is 0 Å². The highest BCUT2D eigenvalue weighted by Gasteiger charge is 2.30. The van der Waals surface area contributed by atoms with Gasteiger partial charge in [-0.25, -0.2) is 9.78 Å². The van der Waals surface area contributed by atoms with Gasteiger partial charge in [-0.2, -0.15) is 0 Å². The molecule has 1 aromatic heterocycles. The molecule has 1 fully saturated rings. The molecule has 1 saturated heterocycles. The van der Waals surface area contributed by atoms with Gasteiger partial charge in [0.05, 0.1) is 32.8 Å². The summed E-state index contributed by atoms with van der Waals surface area (Å²) in [7, 11) is 0. The highest BCUT2D eigenvalue weighted by atomic mass is 16.5. The first-order valence-electron chi connectivity index (χ1n) is 9.58. The zero-order chi connectivity index (χ0) is 22.8. The Morgan fingerprint density at radius 3 is 2.23 bits per heavy atom. The number of urea groups is 1. The van der Waals surface area contributed by atoms with Crippen LogP contribution in [-0.2, 0) is 25.5 Å². The number of aromatic nitrogens is 2. The van der Waals surface area contributed by atoms with Crippen LogP contribution >= 0.6 is 0 Å². The van der Waals surface area contributed by atoms with Crippen LogP contribution in [0.25, 0.3) is 0 Å². The van der Waals surface area contributed by atoms with E-state index in [0.29, 0.717) is 32.0 Å². The number of carbonyl (C=O) groups excluding carboxylic acids is 4. The molecule has 0 unspecified atom stereocenters. The Hall–Kier alpha value is -3.23. The number of amides is 5. The number of nitrogens with one attached hydrogen (secondary N) is 4. The molecule has 3 atom stereocenters. The first kappa shape index (κ1) is 24.0. The van der Waals surface area contributed by atoms with E-state index < -0.39 is 55.1 Å². The molecule has 1 aliphatic heterocycles. The maximum atomic E-state index is 12.8. The van der Waals surface area contributed by atoms with Crippen LogP contribution in [0.3, 0.4) is 0 Å². The molecule has 8 N–H and O–H groups in total. The predicted octanol–water partition coefficient (Wildman–Crippen LogP) is -4.20. The summed E-state index contributed by atoms with van der Waals surface area (Å²) in [5.74, 6) is -2.65. The van der Waals surface area contributed by atoms with E-state index in [2.05, 4.69) is 25.9 Å². The highest BCUT2D eigenvalue weighted by molar-refractivity contribution is 5.94. The third-order valence-corrected chi connectivity index (χ3v) is 4.55. The summed E-state index contributed by atoms with van der Waals surface area (Å²) in [5, 5.41) is 25.7. The number of hydrogen-bond acceptors (Lipinski definition) is 8. The van der Waals surface area contributed by atoms with Gasteiger partial charge >= 0.3 is 6.03 Å². The van der Waals surface area contributed by atoms with Gasteiger partial charge in [0.15, 0.2) is 0 Å². The lowest BCUT2D eigenvalue weighted by molar-refractivity contribution is -0.133. The summed E-state index contributed by atoms with van der Waals surface area (Å²) < 4.78 is 5.20. The Morgan fingerprint density at radius 1 is 1.06 bits per heavy atom. The van der Waals surface area contributed by atoms with Crippen molar-refractivity contribution in [1.29, 1.82) is 0 Å². The average molecular weight is 441 g/mol. The Labute approximate surface area is 177 Å². The summed E-state index contributed by atoms with van der Waals surface area (Å²) in [5.41, 5.74) is 5.61. The van der Waals surface area contributed by atoms with E-state index in [1.54, 1.807) is 0 Å². The standard InChI is InChI=1S/C17H27N7O7/c18-14(27)12(7-25)21-16(29)13(8-26)22-15(28)11(5-10-6-19-9-20-10)23-17(30)24-1-3-31-4-2-24/h6,9,11-13,25-26H,1-5,7-8H2,(H2,18,27)(H,19,20)(H,21,29)(H,22,28)(H,23,30)/t11-,12-,13-/m0/s1. The van der Waals surface area contributed by atoms with Crippen LogP contribution in [0.5, 0.6) is 0 Å². The first-order chi connectivity index (χ1) is 14.8. The number of ether oxygens (including phenoxy) is 1. The minimum absolute atomic E-state index is 0.0439. The van der Waals surface area contributed by atoms with E-state index in [1.165, 1.54) is 17.4 Å². The van der Waals surface area contributed by atoms with Crippen molar-refractivity contribution in [2.45, 2.75) is 24.5 Å². The lowest BCUT2D eigenvalue weighted by Gasteiger charge is -2.29. The van der Waals surface area contributed by atoms with Gasteiger partial charge in [0.25, 0.3) is 0 Å². The van der Waals surface area contributed by atoms with E-state index in [0.717, 1.165) is 0 Å². The fourth-order valence-electron chi connectivity index (χ4n) is 2.78. The second-order valence-electron chi connectivity index (χ2n) is 6.77. The van der Waals surface area contributed by atoms with Gasteiger partial charge in [-0.15, -0.1) is 0 Å². The van der Waals surface area contributed by atoms with E-state index in [-0.39, 0.29) is 6.42 Å². The molecular weight excluding hydrogens is 414 g/mol. The summed E-state index contributed by atoms with van der Waals surface area (Å²) in [6.07, 6.45) is 2.94. The molecule has 31 heavy (non-hydrogen) atoms. The number of aliphatic hydroxyl groups excluding tert-OH is 2. The number of aliphatic hydroxyl groups is 2. The largest absolute Gasteiger partial charge is 0.394 e. The molecule has 2 rings (SSSR count). The number of H-pyrrole nitrogens is 1. The molecule has 0 spiro atoms. The topological polar surface area (TPSA) is 212 Å². The van der Waals surface area contributed by atoms with Gasteiger partial charge in [0.1, 0.15) is 18.1 Å². The van der Waals surface area contributed by atoms with Crippen molar-refractivity contribution in [1.82, 2.24) is 30.8 Å². The van der Waals surface area contributed by atoms with Crippen LogP contribution in [-0.4, -0.2) is 106 Å². The summed E-state index contributed by atoms with van der Waals surface area (Å²) in [4.78, 5) is 57.0. The normalized spacial score (nSPS) is 16.6. The first-order valence-corrected chi connectivity index (χ1v) is 9.58. The number of rotatable bonds is 10. The van der Waals surface area contributed by atoms with E-state index in [1.807, 2.05) is 0 Å². The molecule has 5 amide bonds. The SMILES string of the molecule is NC(=O)[C@H](CO)NC(=O)[C@H](CO)NC(=O)[C@H](Cc1cnc[nH]1)NC(=O)N1CCOCC1. The number of imidazole rings is 1. The number of morpholine rings is 1. The number of nitrogens with two attached hydrogens (primary N) is 1.